The van der Waals surface area contributed by atoms with E-state index in [0.717, 1.165) is 30.4 Å². The first-order valence-electron chi connectivity index (χ1n) is 9.68. The molecule has 29 heavy (non-hydrogen) atoms. The Morgan fingerprint density at radius 3 is 2.28 bits per heavy atom. The number of rotatable bonds is 9. The van der Waals surface area contributed by atoms with Crippen LogP contribution in [0.4, 0.5) is 0 Å². The summed E-state index contributed by atoms with van der Waals surface area (Å²) < 4.78 is 5.76. The maximum atomic E-state index is 11.8. The highest BCUT2D eigenvalue weighted by molar-refractivity contribution is 14.0. The molecule has 7 heteroatoms. The molecule has 2 aromatic carbocycles. The van der Waals surface area contributed by atoms with Crippen molar-refractivity contribution < 1.29 is 9.53 Å². The number of hydrogen-bond donors (Lipinski definition) is 2. The Labute approximate surface area is 190 Å². The van der Waals surface area contributed by atoms with E-state index in [9.17, 15) is 4.79 Å². The van der Waals surface area contributed by atoms with Crippen molar-refractivity contribution in [2.75, 3.05) is 33.3 Å². The van der Waals surface area contributed by atoms with Gasteiger partial charge < -0.3 is 20.3 Å². The van der Waals surface area contributed by atoms with Crippen molar-refractivity contribution in [3.05, 3.63) is 65.7 Å². The molecule has 0 saturated heterocycles. The lowest BCUT2D eigenvalue weighted by Gasteiger charge is -2.22. The Balaban J connectivity index is 0.00000420. The standard InChI is InChI=1S/C22H30N4O2.HI/c1-4-23-21(27)19-13-11-18(12-14-19)17-25-22(24-5-2)26(3)15-16-28-20-9-7-6-8-10-20;/h6-14H,4-5,15-17H2,1-3H3,(H,23,27)(H,24,25);1H. The first kappa shape index (κ1) is 24.7. The number of nitrogens with one attached hydrogen (secondary N) is 2. The number of hydrogen-bond acceptors (Lipinski definition) is 3. The van der Waals surface area contributed by atoms with Gasteiger partial charge in [-0.15, -0.1) is 24.0 Å². The fourth-order valence-corrected chi connectivity index (χ4v) is 2.58. The van der Waals surface area contributed by atoms with E-state index in [-0.39, 0.29) is 29.9 Å². The summed E-state index contributed by atoms with van der Waals surface area (Å²) in [7, 11) is 1.99. The van der Waals surface area contributed by atoms with Crippen LogP contribution < -0.4 is 15.4 Å². The number of benzene rings is 2. The molecule has 2 aromatic rings. The summed E-state index contributed by atoms with van der Waals surface area (Å²) in [5.41, 5.74) is 1.72. The zero-order chi connectivity index (χ0) is 20.2. The molecule has 0 fully saturated rings. The molecule has 2 N–H and O–H groups in total. The van der Waals surface area contributed by atoms with Crippen LogP contribution in [0.3, 0.4) is 0 Å². The predicted molar refractivity (Wildman–Crippen MR) is 129 cm³/mol. The van der Waals surface area contributed by atoms with E-state index in [1.165, 1.54) is 0 Å². The van der Waals surface area contributed by atoms with Gasteiger partial charge in [0, 0.05) is 25.7 Å². The number of para-hydroxylation sites is 1. The molecule has 1 amide bonds. The van der Waals surface area contributed by atoms with Gasteiger partial charge in [0.1, 0.15) is 12.4 Å². The fraction of sp³-hybridized carbons (Fsp3) is 0.364. The summed E-state index contributed by atoms with van der Waals surface area (Å²) >= 11 is 0. The quantitative estimate of drug-likeness (QED) is 0.308. The molecule has 0 saturated carbocycles. The van der Waals surface area contributed by atoms with Crippen molar-refractivity contribution in [1.82, 2.24) is 15.5 Å². The van der Waals surface area contributed by atoms with Gasteiger partial charge in [-0.3, -0.25) is 4.79 Å². The molecule has 0 spiro atoms. The van der Waals surface area contributed by atoms with Crippen molar-refractivity contribution in [3.63, 3.8) is 0 Å². The van der Waals surface area contributed by atoms with Gasteiger partial charge in [-0.05, 0) is 43.7 Å². The summed E-state index contributed by atoms with van der Waals surface area (Å²) in [4.78, 5) is 18.6. The van der Waals surface area contributed by atoms with Gasteiger partial charge in [-0.1, -0.05) is 30.3 Å². The molecule has 2 rings (SSSR count). The van der Waals surface area contributed by atoms with E-state index in [0.29, 0.717) is 25.3 Å². The van der Waals surface area contributed by atoms with Crippen molar-refractivity contribution in [3.8, 4) is 5.75 Å². The van der Waals surface area contributed by atoms with E-state index in [1.807, 2.05) is 75.5 Å². The Morgan fingerprint density at radius 2 is 1.66 bits per heavy atom. The summed E-state index contributed by atoms with van der Waals surface area (Å²) in [6.45, 7) is 7.20. The molecule has 0 heterocycles. The molecular weight excluding hydrogens is 479 g/mol. The predicted octanol–water partition coefficient (Wildman–Crippen LogP) is 3.53. The molecule has 0 aliphatic rings. The molecule has 158 valence electrons. The Bertz CT molecular complexity index is 751. The van der Waals surface area contributed by atoms with Crippen molar-refractivity contribution in [2.24, 2.45) is 4.99 Å². The normalized spacial score (nSPS) is 10.7. The highest BCUT2D eigenvalue weighted by atomic mass is 127. The largest absolute Gasteiger partial charge is 0.492 e. The van der Waals surface area contributed by atoms with E-state index >= 15 is 0 Å². The topological polar surface area (TPSA) is 66.0 Å². The first-order valence-corrected chi connectivity index (χ1v) is 9.68. The number of carbonyl (C=O) groups excluding carboxylic acids is 1. The summed E-state index contributed by atoms with van der Waals surface area (Å²) in [5.74, 6) is 1.64. The second kappa shape index (κ2) is 13.8. The molecule has 0 atom stereocenters. The third-order valence-corrected chi connectivity index (χ3v) is 4.10. The number of likely N-dealkylation sites (N-methyl/N-ethyl adjacent to an activating group) is 1. The van der Waals surface area contributed by atoms with Crippen molar-refractivity contribution >= 4 is 35.8 Å². The maximum absolute atomic E-state index is 11.8. The van der Waals surface area contributed by atoms with Crippen LogP contribution in [-0.2, 0) is 6.54 Å². The molecule has 0 aliphatic carbocycles. The lowest BCUT2D eigenvalue weighted by molar-refractivity contribution is 0.0956. The molecule has 0 aliphatic heterocycles. The van der Waals surface area contributed by atoms with Crippen LogP contribution in [0.2, 0.25) is 0 Å². The number of guanidine groups is 1. The molecule has 0 bridgehead atoms. The second-order valence-corrected chi connectivity index (χ2v) is 6.31. The van der Waals surface area contributed by atoms with Gasteiger partial charge in [0.25, 0.3) is 5.91 Å². The zero-order valence-electron chi connectivity index (χ0n) is 17.4. The van der Waals surface area contributed by atoms with Gasteiger partial charge in [0.05, 0.1) is 13.1 Å². The average molecular weight is 510 g/mol. The number of halogens is 1. The average Bonchev–Trinajstić information content (AvgIpc) is 2.72. The van der Waals surface area contributed by atoms with Crippen LogP contribution in [0.15, 0.2) is 59.6 Å². The van der Waals surface area contributed by atoms with E-state index < -0.39 is 0 Å². The lowest BCUT2D eigenvalue weighted by Crippen LogP contribution is -2.40. The van der Waals surface area contributed by atoms with Crippen LogP contribution in [0.1, 0.15) is 29.8 Å². The number of aliphatic imine (C=N–C) groups is 1. The molecule has 0 aromatic heterocycles. The SMILES string of the molecule is CCNC(=O)c1ccc(CN=C(NCC)N(C)CCOc2ccccc2)cc1.I. The minimum Gasteiger partial charge on any atom is -0.492 e. The molecule has 6 nitrogen and oxygen atoms in total. The minimum absolute atomic E-state index is 0. The molecular formula is C22H31IN4O2. The second-order valence-electron chi connectivity index (χ2n) is 6.31. The van der Waals surface area contributed by atoms with Crippen molar-refractivity contribution in [2.45, 2.75) is 20.4 Å². The van der Waals surface area contributed by atoms with Gasteiger partial charge >= 0.3 is 0 Å². The zero-order valence-corrected chi connectivity index (χ0v) is 19.7. The van der Waals surface area contributed by atoms with Crippen LogP contribution in [-0.4, -0.2) is 50.1 Å². The minimum atomic E-state index is -0.0518. The lowest BCUT2D eigenvalue weighted by atomic mass is 10.1. The number of amides is 1. The molecule has 0 radical (unpaired) electrons. The Hall–Kier alpha value is -2.29. The molecule has 0 unspecified atom stereocenters. The number of ether oxygens (including phenoxy) is 1. The van der Waals surface area contributed by atoms with Crippen LogP contribution in [0, 0.1) is 0 Å². The number of nitrogens with zero attached hydrogens (tertiary/aromatic N) is 2. The van der Waals surface area contributed by atoms with Crippen LogP contribution in [0.25, 0.3) is 0 Å². The summed E-state index contributed by atoms with van der Waals surface area (Å²) in [5, 5.41) is 6.10. The van der Waals surface area contributed by atoms with Gasteiger partial charge in [0.15, 0.2) is 5.96 Å². The van der Waals surface area contributed by atoms with E-state index in [2.05, 4.69) is 15.5 Å². The first-order chi connectivity index (χ1) is 13.6. The summed E-state index contributed by atoms with van der Waals surface area (Å²) in [6, 6.07) is 17.3. The van der Waals surface area contributed by atoms with Gasteiger partial charge in [-0.25, -0.2) is 4.99 Å². The van der Waals surface area contributed by atoms with E-state index in [4.69, 9.17) is 9.73 Å². The van der Waals surface area contributed by atoms with Crippen LogP contribution >= 0.6 is 24.0 Å². The third-order valence-electron chi connectivity index (χ3n) is 4.10. The smallest absolute Gasteiger partial charge is 0.251 e. The monoisotopic (exact) mass is 510 g/mol. The van der Waals surface area contributed by atoms with Crippen molar-refractivity contribution in [1.29, 1.82) is 0 Å². The Morgan fingerprint density at radius 1 is 1.00 bits per heavy atom. The van der Waals surface area contributed by atoms with Crippen LogP contribution in [0.5, 0.6) is 5.75 Å². The maximum Gasteiger partial charge on any atom is 0.251 e. The Kier molecular flexibility index (Phi) is 11.8. The van der Waals surface area contributed by atoms with Gasteiger partial charge in [-0.2, -0.15) is 0 Å². The highest BCUT2D eigenvalue weighted by Gasteiger charge is 2.07. The van der Waals surface area contributed by atoms with Gasteiger partial charge in [0.2, 0.25) is 0 Å². The highest BCUT2D eigenvalue weighted by Crippen LogP contribution is 2.08. The fourth-order valence-electron chi connectivity index (χ4n) is 2.58. The number of carbonyl (C=O) groups is 1. The van der Waals surface area contributed by atoms with E-state index in [1.54, 1.807) is 0 Å². The summed E-state index contributed by atoms with van der Waals surface area (Å²) in [6.07, 6.45) is 0. The third kappa shape index (κ3) is 8.72.